The van der Waals surface area contributed by atoms with Crippen LogP contribution in [0.15, 0.2) is 18.2 Å². The van der Waals surface area contributed by atoms with E-state index < -0.39 is 0 Å². The van der Waals surface area contributed by atoms with Crippen molar-refractivity contribution in [3.8, 4) is 0 Å². The molecule has 0 aromatic heterocycles. The Morgan fingerprint density at radius 2 is 1.74 bits per heavy atom. The molecular weight excluding hydrogens is 307 g/mol. The van der Waals surface area contributed by atoms with Gasteiger partial charge in [0.15, 0.2) is 0 Å². The Kier molecular flexibility index (Phi) is 7.89. The Hall–Kier alpha value is -0.560. The van der Waals surface area contributed by atoms with E-state index in [2.05, 4.69) is 6.92 Å². The summed E-state index contributed by atoms with van der Waals surface area (Å²) >= 11 is 5.86. The van der Waals surface area contributed by atoms with Crippen molar-refractivity contribution in [2.45, 2.75) is 90.4 Å². The number of aryl methyl sites for hydroxylation is 1. The summed E-state index contributed by atoms with van der Waals surface area (Å²) < 4.78 is 14.0. The van der Waals surface area contributed by atoms with Crippen molar-refractivity contribution in [2.24, 2.45) is 5.41 Å². The summed E-state index contributed by atoms with van der Waals surface area (Å²) in [7, 11) is 0. The van der Waals surface area contributed by atoms with Gasteiger partial charge in [0, 0.05) is 5.02 Å². The first kappa shape index (κ1) is 18.8. The highest BCUT2D eigenvalue weighted by molar-refractivity contribution is 6.30. The van der Waals surface area contributed by atoms with Crippen molar-refractivity contribution in [1.29, 1.82) is 0 Å². The summed E-state index contributed by atoms with van der Waals surface area (Å²) in [6.07, 6.45) is 16.9. The predicted octanol–water partition coefficient (Wildman–Crippen LogP) is 7.72. The third kappa shape index (κ3) is 6.10. The van der Waals surface area contributed by atoms with E-state index in [0.717, 1.165) is 18.4 Å². The Labute approximate surface area is 146 Å². The van der Waals surface area contributed by atoms with Gasteiger partial charge in [-0.3, -0.25) is 0 Å². The third-order valence-electron chi connectivity index (χ3n) is 5.66. The van der Waals surface area contributed by atoms with E-state index >= 15 is 0 Å². The van der Waals surface area contributed by atoms with Crippen LogP contribution in [0.2, 0.25) is 5.02 Å². The van der Waals surface area contributed by atoms with Gasteiger partial charge in [0.25, 0.3) is 0 Å². The maximum absolute atomic E-state index is 14.0. The van der Waals surface area contributed by atoms with Crippen LogP contribution >= 0.6 is 11.6 Å². The minimum absolute atomic E-state index is 0.133. The highest BCUT2D eigenvalue weighted by atomic mass is 35.5. The van der Waals surface area contributed by atoms with Crippen LogP contribution in [-0.2, 0) is 6.42 Å². The molecule has 0 atom stereocenters. The van der Waals surface area contributed by atoms with E-state index in [1.807, 2.05) is 12.1 Å². The van der Waals surface area contributed by atoms with Crippen LogP contribution in [0.5, 0.6) is 0 Å². The Morgan fingerprint density at radius 1 is 1.00 bits per heavy atom. The molecule has 0 amide bonds. The molecule has 1 aromatic rings. The number of benzene rings is 1. The molecule has 0 unspecified atom stereocenters. The molecular formula is C21H32ClF. The summed E-state index contributed by atoms with van der Waals surface area (Å²) in [6, 6.07) is 5.14. The third-order valence-corrected chi connectivity index (χ3v) is 5.90. The van der Waals surface area contributed by atoms with E-state index in [1.165, 1.54) is 76.7 Å². The molecule has 0 radical (unpaired) electrons. The van der Waals surface area contributed by atoms with Crippen LogP contribution in [0.3, 0.4) is 0 Å². The quantitative estimate of drug-likeness (QED) is 0.404. The van der Waals surface area contributed by atoms with Crippen molar-refractivity contribution >= 4 is 11.6 Å². The lowest BCUT2D eigenvalue weighted by atomic mass is 9.68. The fourth-order valence-electron chi connectivity index (χ4n) is 4.15. The second-order valence-corrected chi connectivity index (χ2v) is 7.90. The van der Waals surface area contributed by atoms with Crippen LogP contribution in [0.1, 0.15) is 89.5 Å². The first-order valence-corrected chi connectivity index (χ1v) is 9.97. The Morgan fingerprint density at radius 3 is 2.43 bits per heavy atom. The molecule has 0 heterocycles. The van der Waals surface area contributed by atoms with Gasteiger partial charge in [0.1, 0.15) is 5.82 Å². The zero-order chi connectivity index (χ0) is 16.5. The van der Waals surface area contributed by atoms with Gasteiger partial charge in [-0.15, -0.1) is 0 Å². The maximum Gasteiger partial charge on any atom is 0.127 e. The molecule has 130 valence electrons. The Bertz CT molecular complexity index is 463. The van der Waals surface area contributed by atoms with Crippen LogP contribution < -0.4 is 0 Å². The molecule has 1 saturated carbocycles. The highest BCUT2D eigenvalue weighted by Crippen LogP contribution is 2.44. The molecule has 0 aliphatic heterocycles. The van der Waals surface area contributed by atoms with Crippen molar-refractivity contribution in [2.75, 3.05) is 0 Å². The van der Waals surface area contributed by atoms with Crippen LogP contribution in [0.25, 0.3) is 0 Å². The van der Waals surface area contributed by atoms with Gasteiger partial charge in [-0.2, -0.15) is 0 Å². The van der Waals surface area contributed by atoms with Crippen LogP contribution in [-0.4, -0.2) is 0 Å². The maximum atomic E-state index is 14.0. The number of rotatable bonds is 9. The molecule has 0 nitrogen and oxygen atoms in total. The van der Waals surface area contributed by atoms with Crippen LogP contribution in [0.4, 0.5) is 4.39 Å². The van der Waals surface area contributed by atoms with E-state index in [-0.39, 0.29) is 5.82 Å². The minimum Gasteiger partial charge on any atom is -0.207 e. The van der Waals surface area contributed by atoms with E-state index in [4.69, 9.17) is 11.6 Å². The molecule has 1 aromatic carbocycles. The van der Waals surface area contributed by atoms with Crippen molar-refractivity contribution in [3.63, 3.8) is 0 Å². The SMILES string of the molecule is CCCCCCCC1(CCc2ccc(Cl)cc2F)CCCCC1. The molecule has 2 heteroatoms. The average molecular weight is 339 g/mol. The first-order chi connectivity index (χ1) is 11.2. The monoisotopic (exact) mass is 338 g/mol. The van der Waals surface area contributed by atoms with Gasteiger partial charge < -0.3 is 0 Å². The second kappa shape index (κ2) is 9.67. The summed E-state index contributed by atoms with van der Waals surface area (Å²) in [6.45, 7) is 2.27. The van der Waals surface area contributed by atoms with Gasteiger partial charge in [0.05, 0.1) is 0 Å². The molecule has 0 spiro atoms. The summed E-state index contributed by atoms with van der Waals surface area (Å²) in [4.78, 5) is 0. The molecule has 2 rings (SSSR count). The van der Waals surface area contributed by atoms with Crippen molar-refractivity contribution in [1.82, 2.24) is 0 Å². The Balaban J connectivity index is 1.89. The number of halogens is 2. The van der Waals surface area contributed by atoms with E-state index in [0.29, 0.717) is 10.4 Å². The number of hydrogen-bond donors (Lipinski definition) is 0. The number of unbranched alkanes of at least 4 members (excludes halogenated alkanes) is 4. The van der Waals surface area contributed by atoms with E-state index in [1.54, 1.807) is 0 Å². The molecule has 1 aliphatic rings. The van der Waals surface area contributed by atoms with Gasteiger partial charge in [0.2, 0.25) is 0 Å². The standard InChI is InChI=1S/C21H32ClF/c1-2-3-4-5-7-13-21(14-8-6-9-15-21)16-12-18-10-11-19(22)17-20(18)23/h10-11,17H,2-9,12-16H2,1H3. The van der Waals surface area contributed by atoms with Crippen molar-refractivity contribution < 1.29 is 4.39 Å². The lowest BCUT2D eigenvalue weighted by Gasteiger charge is -2.38. The smallest absolute Gasteiger partial charge is 0.127 e. The topological polar surface area (TPSA) is 0 Å². The van der Waals surface area contributed by atoms with Crippen LogP contribution in [0, 0.1) is 11.2 Å². The molecule has 1 aliphatic carbocycles. The molecule has 0 bridgehead atoms. The fourth-order valence-corrected chi connectivity index (χ4v) is 4.31. The largest absolute Gasteiger partial charge is 0.207 e. The summed E-state index contributed by atoms with van der Waals surface area (Å²) in [5.41, 5.74) is 1.31. The van der Waals surface area contributed by atoms with Gasteiger partial charge in [-0.05, 0) is 55.2 Å². The highest BCUT2D eigenvalue weighted by Gasteiger charge is 2.31. The predicted molar refractivity (Wildman–Crippen MR) is 98.6 cm³/mol. The average Bonchev–Trinajstić information content (AvgIpc) is 2.55. The lowest BCUT2D eigenvalue weighted by molar-refractivity contribution is 0.151. The molecule has 23 heavy (non-hydrogen) atoms. The fraction of sp³-hybridized carbons (Fsp3) is 0.714. The zero-order valence-electron chi connectivity index (χ0n) is 14.7. The minimum atomic E-state index is -0.133. The van der Waals surface area contributed by atoms with Gasteiger partial charge >= 0.3 is 0 Å². The lowest BCUT2D eigenvalue weighted by Crippen LogP contribution is -2.25. The molecule has 1 fully saturated rings. The van der Waals surface area contributed by atoms with Crippen molar-refractivity contribution in [3.05, 3.63) is 34.6 Å². The molecule has 0 N–H and O–H groups in total. The number of hydrogen-bond acceptors (Lipinski definition) is 0. The normalized spacial score (nSPS) is 17.3. The van der Waals surface area contributed by atoms with E-state index in [9.17, 15) is 4.39 Å². The molecule has 0 saturated heterocycles. The van der Waals surface area contributed by atoms with Gasteiger partial charge in [-0.1, -0.05) is 76.0 Å². The van der Waals surface area contributed by atoms with Gasteiger partial charge in [-0.25, -0.2) is 4.39 Å². The zero-order valence-corrected chi connectivity index (χ0v) is 15.4. The summed E-state index contributed by atoms with van der Waals surface area (Å²) in [5.74, 6) is -0.133. The first-order valence-electron chi connectivity index (χ1n) is 9.59. The second-order valence-electron chi connectivity index (χ2n) is 7.46. The summed E-state index contributed by atoms with van der Waals surface area (Å²) in [5, 5.41) is 0.495.